The van der Waals surface area contributed by atoms with Crippen molar-refractivity contribution in [3.05, 3.63) is 53.9 Å². The zero-order valence-corrected chi connectivity index (χ0v) is 11.8. The molecule has 1 unspecified atom stereocenters. The van der Waals surface area contributed by atoms with Crippen LogP contribution in [0.25, 0.3) is 0 Å². The minimum Gasteiger partial charge on any atom is -0.315 e. The first-order chi connectivity index (χ1) is 9.25. The lowest BCUT2D eigenvalue weighted by Crippen LogP contribution is -2.22. The van der Waals surface area contributed by atoms with Gasteiger partial charge in [0.2, 0.25) is 0 Å². The highest BCUT2D eigenvalue weighted by Gasteiger charge is 2.03. The Morgan fingerprint density at radius 1 is 1.21 bits per heavy atom. The highest BCUT2D eigenvalue weighted by atomic mass is 15.3. The molecule has 0 aliphatic rings. The van der Waals surface area contributed by atoms with Crippen molar-refractivity contribution in [2.24, 2.45) is 0 Å². The fraction of sp³-hybridized carbons (Fsp3) is 0.438. The van der Waals surface area contributed by atoms with Gasteiger partial charge < -0.3 is 5.32 Å². The molecule has 1 aromatic heterocycles. The second kappa shape index (κ2) is 7.10. The first-order valence-electron chi connectivity index (χ1n) is 7.00. The van der Waals surface area contributed by atoms with E-state index < -0.39 is 0 Å². The quantitative estimate of drug-likeness (QED) is 0.773. The van der Waals surface area contributed by atoms with Crippen molar-refractivity contribution in [1.82, 2.24) is 15.1 Å². The van der Waals surface area contributed by atoms with Gasteiger partial charge in [0, 0.05) is 12.7 Å². The molecule has 3 nitrogen and oxygen atoms in total. The summed E-state index contributed by atoms with van der Waals surface area (Å²) < 4.78 is 1.99. The first-order valence-corrected chi connectivity index (χ1v) is 7.00. The Bertz CT molecular complexity index is 476. The van der Waals surface area contributed by atoms with Crippen molar-refractivity contribution < 1.29 is 0 Å². The summed E-state index contributed by atoms with van der Waals surface area (Å²) in [6.07, 6.45) is 5.15. The number of nitrogens with zero attached hydrogens (tertiary/aromatic N) is 2. The summed E-state index contributed by atoms with van der Waals surface area (Å²) in [7, 11) is 0. The lowest BCUT2D eigenvalue weighted by atomic mass is 9.98. The topological polar surface area (TPSA) is 29.9 Å². The van der Waals surface area contributed by atoms with Gasteiger partial charge in [-0.05, 0) is 36.9 Å². The van der Waals surface area contributed by atoms with E-state index in [0.29, 0.717) is 5.92 Å². The standard InChI is InChI=1S/C16H23N3/c1-14-12-18-19(13-14)11-10-17-9-8-15(2)16-6-4-3-5-7-16/h3-7,12-13,15,17H,8-11H2,1-2H3. The monoisotopic (exact) mass is 257 g/mol. The number of hydrogen-bond donors (Lipinski definition) is 1. The predicted octanol–water partition coefficient (Wildman–Crippen LogP) is 2.97. The van der Waals surface area contributed by atoms with Crippen LogP contribution >= 0.6 is 0 Å². The molecule has 102 valence electrons. The molecular weight excluding hydrogens is 234 g/mol. The van der Waals surface area contributed by atoms with Crippen LogP contribution in [0.5, 0.6) is 0 Å². The molecule has 0 bridgehead atoms. The van der Waals surface area contributed by atoms with Crippen molar-refractivity contribution in [2.75, 3.05) is 13.1 Å². The van der Waals surface area contributed by atoms with E-state index in [4.69, 9.17) is 0 Å². The summed E-state index contributed by atoms with van der Waals surface area (Å²) in [5.41, 5.74) is 2.64. The van der Waals surface area contributed by atoms with Crippen molar-refractivity contribution >= 4 is 0 Å². The maximum atomic E-state index is 4.27. The largest absolute Gasteiger partial charge is 0.315 e. The molecule has 1 N–H and O–H groups in total. The Hall–Kier alpha value is -1.61. The van der Waals surface area contributed by atoms with Crippen LogP contribution < -0.4 is 5.32 Å². The molecule has 3 heteroatoms. The van der Waals surface area contributed by atoms with Crippen LogP contribution in [-0.4, -0.2) is 22.9 Å². The van der Waals surface area contributed by atoms with Gasteiger partial charge in [0.15, 0.2) is 0 Å². The van der Waals surface area contributed by atoms with Gasteiger partial charge in [0.1, 0.15) is 0 Å². The lowest BCUT2D eigenvalue weighted by molar-refractivity contribution is 0.531. The normalized spacial score (nSPS) is 12.5. The smallest absolute Gasteiger partial charge is 0.0534 e. The van der Waals surface area contributed by atoms with Crippen LogP contribution in [-0.2, 0) is 6.54 Å². The molecule has 0 radical (unpaired) electrons. The minimum absolute atomic E-state index is 0.612. The molecule has 2 aromatic rings. The van der Waals surface area contributed by atoms with E-state index in [1.54, 1.807) is 0 Å². The molecule has 1 aromatic carbocycles. The van der Waals surface area contributed by atoms with E-state index in [1.807, 2.05) is 10.9 Å². The van der Waals surface area contributed by atoms with Crippen molar-refractivity contribution in [3.63, 3.8) is 0 Å². The van der Waals surface area contributed by atoms with Crippen molar-refractivity contribution in [1.29, 1.82) is 0 Å². The average Bonchev–Trinajstić information content (AvgIpc) is 2.85. The Balaban J connectivity index is 1.62. The zero-order valence-electron chi connectivity index (χ0n) is 11.8. The maximum Gasteiger partial charge on any atom is 0.0534 e. The van der Waals surface area contributed by atoms with Crippen molar-refractivity contribution in [2.45, 2.75) is 32.7 Å². The van der Waals surface area contributed by atoms with E-state index >= 15 is 0 Å². The van der Waals surface area contributed by atoms with Gasteiger partial charge in [-0.1, -0.05) is 37.3 Å². The van der Waals surface area contributed by atoms with Crippen LogP contribution in [0.3, 0.4) is 0 Å². The van der Waals surface area contributed by atoms with E-state index in [9.17, 15) is 0 Å². The van der Waals surface area contributed by atoms with Crippen LogP contribution in [0, 0.1) is 6.92 Å². The Morgan fingerprint density at radius 2 is 2.00 bits per heavy atom. The number of rotatable bonds is 7. The molecule has 1 heterocycles. The third kappa shape index (κ3) is 4.52. The number of aromatic nitrogens is 2. The SMILES string of the molecule is Cc1cnn(CCNCCC(C)c2ccccc2)c1. The molecular formula is C16H23N3. The second-order valence-corrected chi connectivity index (χ2v) is 5.13. The van der Waals surface area contributed by atoms with Gasteiger partial charge >= 0.3 is 0 Å². The molecule has 0 saturated carbocycles. The summed E-state index contributed by atoms with van der Waals surface area (Å²) in [6.45, 7) is 7.32. The fourth-order valence-corrected chi connectivity index (χ4v) is 2.17. The molecule has 0 spiro atoms. The summed E-state index contributed by atoms with van der Waals surface area (Å²) in [5.74, 6) is 0.612. The van der Waals surface area contributed by atoms with Gasteiger partial charge in [-0.2, -0.15) is 5.10 Å². The fourth-order valence-electron chi connectivity index (χ4n) is 2.17. The number of nitrogens with one attached hydrogen (secondary N) is 1. The van der Waals surface area contributed by atoms with Crippen LogP contribution in [0.2, 0.25) is 0 Å². The Morgan fingerprint density at radius 3 is 2.68 bits per heavy atom. The summed E-state index contributed by atoms with van der Waals surface area (Å²) >= 11 is 0. The van der Waals surface area contributed by atoms with Gasteiger partial charge in [-0.3, -0.25) is 4.68 Å². The minimum atomic E-state index is 0.612. The first kappa shape index (κ1) is 13.8. The summed E-state index contributed by atoms with van der Waals surface area (Å²) in [6, 6.07) is 10.7. The van der Waals surface area contributed by atoms with E-state index in [0.717, 1.165) is 19.6 Å². The predicted molar refractivity (Wildman–Crippen MR) is 79.3 cm³/mol. The number of hydrogen-bond acceptors (Lipinski definition) is 2. The zero-order chi connectivity index (χ0) is 13.5. The van der Waals surface area contributed by atoms with E-state index in [2.05, 4.69) is 60.8 Å². The van der Waals surface area contributed by atoms with E-state index in [-0.39, 0.29) is 0 Å². The van der Waals surface area contributed by atoms with E-state index in [1.165, 1.54) is 17.5 Å². The van der Waals surface area contributed by atoms with Gasteiger partial charge in [0.25, 0.3) is 0 Å². The van der Waals surface area contributed by atoms with Crippen molar-refractivity contribution in [3.8, 4) is 0 Å². The molecule has 0 saturated heterocycles. The van der Waals surface area contributed by atoms with Crippen LogP contribution in [0.1, 0.15) is 30.4 Å². The molecule has 0 amide bonds. The van der Waals surface area contributed by atoms with Gasteiger partial charge in [0.05, 0.1) is 12.7 Å². The highest BCUT2D eigenvalue weighted by molar-refractivity contribution is 5.18. The highest BCUT2D eigenvalue weighted by Crippen LogP contribution is 2.17. The third-order valence-corrected chi connectivity index (χ3v) is 3.40. The average molecular weight is 257 g/mol. The third-order valence-electron chi connectivity index (χ3n) is 3.40. The lowest BCUT2D eigenvalue weighted by Gasteiger charge is -2.12. The van der Waals surface area contributed by atoms with Crippen LogP contribution in [0.15, 0.2) is 42.7 Å². The Labute approximate surface area is 115 Å². The van der Waals surface area contributed by atoms with Gasteiger partial charge in [-0.15, -0.1) is 0 Å². The Kier molecular flexibility index (Phi) is 5.16. The van der Waals surface area contributed by atoms with Crippen LogP contribution in [0.4, 0.5) is 0 Å². The molecule has 1 atom stereocenters. The second-order valence-electron chi connectivity index (χ2n) is 5.13. The molecule has 2 rings (SSSR count). The molecule has 19 heavy (non-hydrogen) atoms. The van der Waals surface area contributed by atoms with Gasteiger partial charge in [-0.25, -0.2) is 0 Å². The summed E-state index contributed by atoms with van der Waals surface area (Å²) in [5, 5.41) is 7.76. The molecule has 0 aliphatic carbocycles. The number of aryl methyl sites for hydroxylation is 1. The maximum absolute atomic E-state index is 4.27. The number of benzene rings is 1. The molecule has 0 fully saturated rings. The molecule has 0 aliphatic heterocycles. The summed E-state index contributed by atoms with van der Waals surface area (Å²) in [4.78, 5) is 0.